The first-order chi connectivity index (χ1) is 13.7. The van der Waals surface area contributed by atoms with Crippen molar-refractivity contribution < 1.29 is 9.53 Å². The summed E-state index contributed by atoms with van der Waals surface area (Å²) in [6, 6.07) is 28.4. The SMILES string of the molecule is CCC(Oc1cccc2ccccc12)C(=O)NCc1ccc2ccccc2c1. The number of benzene rings is 4. The molecule has 3 nitrogen and oxygen atoms in total. The first-order valence-electron chi connectivity index (χ1n) is 9.64. The molecule has 4 aromatic rings. The molecule has 0 radical (unpaired) electrons. The van der Waals surface area contributed by atoms with E-state index in [1.807, 2.05) is 61.5 Å². The van der Waals surface area contributed by atoms with E-state index in [-0.39, 0.29) is 5.91 Å². The van der Waals surface area contributed by atoms with Crippen LogP contribution in [0.25, 0.3) is 21.5 Å². The Bertz CT molecular complexity index is 1110. The van der Waals surface area contributed by atoms with Crippen molar-refractivity contribution in [3.63, 3.8) is 0 Å². The maximum atomic E-state index is 12.7. The van der Waals surface area contributed by atoms with Crippen molar-refractivity contribution in [2.24, 2.45) is 0 Å². The highest BCUT2D eigenvalue weighted by Gasteiger charge is 2.19. The zero-order valence-corrected chi connectivity index (χ0v) is 15.9. The summed E-state index contributed by atoms with van der Waals surface area (Å²) in [5.74, 6) is 0.648. The van der Waals surface area contributed by atoms with E-state index in [9.17, 15) is 4.79 Å². The fourth-order valence-electron chi connectivity index (χ4n) is 3.43. The lowest BCUT2D eigenvalue weighted by molar-refractivity contribution is -0.128. The van der Waals surface area contributed by atoms with Crippen molar-refractivity contribution >= 4 is 27.5 Å². The van der Waals surface area contributed by atoms with Crippen LogP contribution < -0.4 is 10.1 Å². The van der Waals surface area contributed by atoms with Gasteiger partial charge in [-0.15, -0.1) is 0 Å². The van der Waals surface area contributed by atoms with Crippen molar-refractivity contribution in [2.75, 3.05) is 0 Å². The largest absolute Gasteiger partial charge is 0.480 e. The summed E-state index contributed by atoms with van der Waals surface area (Å²) in [4.78, 5) is 12.7. The van der Waals surface area contributed by atoms with Gasteiger partial charge in [0.1, 0.15) is 5.75 Å². The summed E-state index contributed by atoms with van der Waals surface area (Å²) in [5.41, 5.74) is 1.08. The van der Waals surface area contributed by atoms with E-state index >= 15 is 0 Å². The molecule has 0 saturated carbocycles. The summed E-state index contributed by atoms with van der Waals surface area (Å²) in [6.45, 7) is 2.45. The quantitative estimate of drug-likeness (QED) is 0.490. The van der Waals surface area contributed by atoms with Crippen LogP contribution in [-0.4, -0.2) is 12.0 Å². The number of hydrogen-bond acceptors (Lipinski definition) is 2. The van der Waals surface area contributed by atoms with E-state index in [0.29, 0.717) is 13.0 Å². The Morgan fingerprint density at radius 1 is 0.857 bits per heavy atom. The zero-order valence-electron chi connectivity index (χ0n) is 15.9. The van der Waals surface area contributed by atoms with Gasteiger partial charge in [-0.25, -0.2) is 0 Å². The molecule has 0 aliphatic rings. The number of amides is 1. The molecule has 0 fully saturated rings. The van der Waals surface area contributed by atoms with Crippen LogP contribution in [0.15, 0.2) is 84.9 Å². The second-order valence-electron chi connectivity index (χ2n) is 6.89. The van der Waals surface area contributed by atoms with Gasteiger partial charge in [-0.1, -0.05) is 79.7 Å². The molecule has 140 valence electrons. The Hall–Kier alpha value is -3.33. The second kappa shape index (κ2) is 8.13. The maximum Gasteiger partial charge on any atom is 0.261 e. The Kier molecular flexibility index (Phi) is 5.24. The molecular weight excluding hydrogens is 346 g/mol. The number of rotatable bonds is 6. The van der Waals surface area contributed by atoms with Crippen LogP contribution in [-0.2, 0) is 11.3 Å². The van der Waals surface area contributed by atoms with Crippen LogP contribution in [0.5, 0.6) is 5.75 Å². The van der Waals surface area contributed by atoms with Gasteiger partial charge < -0.3 is 10.1 Å². The number of nitrogens with one attached hydrogen (secondary N) is 1. The molecule has 0 aliphatic carbocycles. The van der Waals surface area contributed by atoms with Gasteiger partial charge in [-0.2, -0.15) is 0 Å². The van der Waals surface area contributed by atoms with E-state index in [1.165, 1.54) is 10.8 Å². The number of carbonyl (C=O) groups is 1. The molecule has 0 spiro atoms. The highest BCUT2D eigenvalue weighted by molar-refractivity contribution is 5.89. The minimum Gasteiger partial charge on any atom is -0.480 e. The molecular formula is C25H23NO2. The van der Waals surface area contributed by atoms with Crippen molar-refractivity contribution in [1.29, 1.82) is 0 Å². The predicted molar refractivity (Wildman–Crippen MR) is 114 cm³/mol. The second-order valence-corrected chi connectivity index (χ2v) is 6.89. The van der Waals surface area contributed by atoms with Crippen molar-refractivity contribution in [2.45, 2.75) is 26.0 Å². The third-order valence-electron chi connectivity index (χ3n) is 4.96. The van der Waals surface area contributed by atoms with Crippen LogP contribution in [0.4, 0.5) is 0 Å². The lowest BCUT2D eigenvalue weighted by Gasteiger charge is -2.18. The van der Waals surface area contributed by atoms with Gasteiger partial charge in [0.05, 0.1) is 0 Å². The summed E-state index contributed by atoms with van der Waals surface area (Å²) < 4.78 is 6.09. The monoisotopic (exact) mass is 369 g/mol. The number of carbonyl (C=O) groups excluding carboxylic acids is 1. The fourth-order valence-corrected chi connectivity index (χ4v) is 3.43. The standard InChI is InChI=1S/C25H23NO2/c1-2-23(28-24-13-7-11-20-9-5-6-12-22(20)24)25(27)26-17-18-14-15-19-8-3-4-10-21(19)16-18/h3-16,23H,2,17H2,1H3,(H,26,27). The fraction of sp³-hybridized carbons (Fsp3) is 0.160. The highest BCUT2D eigenvalue weighted by atomic mass is 16.5. The third-order valence-corrected chi connectivity index (χ3v) is 4.96. The van der Waals surface area contributed by atoms with Crippen molar-refractivity contribution in [1.82, 2.24) is 5.32 Å². The van der Waals surface area contributed by atoms with E-state index in [2.05, 4.69) is 35.6 Å². The number of hydrogen-bond donors (Lipinski definition) is 1. The summed E-state index contributed by atoms with van der Waals surface area (Å²) in [6.07, 6.45) is 0.0820. The Morgan fingerprint density at radius 2 is 1.57 bits per heavy atom. The maximum absolute atomic E-state index is 12.7. The van der Waals surface area contributed by atoms with Crippen molar-refractivity contribution in [3.8, 4) is 5.75 Å². The van der Waals surface area contributed by atoms with E-state index in [4.69, 9.17) is 4.74 Å². The average molecular weight is 369 g/mol. The first kappa shape index (κ1) is 18.1. The predicted octanol–water partition coefficient (Wildman–Crippen LogP) is 5.47. The van der Waals surface area contributed by atoms with Crippen LogP contribution >= 0.6 is 0 Å². The Morgan fingerprint density at radius 3 is 2.39 bits per heavy atom. The minimum atomic E-state index is -0.522. The molecule has 1 N–H and O–H groups in total. The van der Waals surface area contributed by atoms with Crippen LogP contribution in [0.3, 0.4) is 0 Å². The molecule has 0 bridgehead atoms. The first-order valence-corrected chi connectivity index (χ1v) is 9.64. The molecule has 28 heavy (non-hydrogen) atoms. The molecule has 1 atom stereocenters. The lowest BCUT2D eigenvalue weighted by atomic mass is 10.1. The van der Waals surface area contributed by atoms with Crippen LogP contribution in [0, 0.1) is 0 Å². The molecule has 4 aromatic carbocycles. The molecule has 1 amide bonds. The van der Waals surface area contributed by atoms with Crippen molar-refractivity contribution in [3.05, 3.63) is 90.5 Å². The Labute approximate surface area is 165 Å². The topological polar surface area (TPSA) is 38.3 Å². The van der Waals surface area contributed by atoms with E-state index in [1.54, 1.807) is 0 Å². The summed E-state index contributed by atoms with van der Waals surface area (Å²) in [5, 5.41) is 7.51. The lowest BCUT2D eigenvalue weighted by Crippen LogP contribution is -2.37. The third kappa shape index (κ3) is 3.84. The Balaban J connectivity index is 1.46. The van der Waals surface area contributed by atoms with Gasteiger partial charge in [0.15, 0.2) is 6.10 Å². The molecule has 3 heteroatoms. The van der Waals surface area contributed by atoms with Gasteiger partial charge in [-0.3, -0.25) is 4.79 Å². The molecule has 1 unspecified atom stereocenters. The molecule has 0 heterocycles. The van der Waals surface area contributed by atoms with E-state index in [0.717, 1.165) is 22.1 Å². The zero-order chi connectivity index (χ0) is 19.3. The van der Waals surface area contributed by atoms with Crippen LogP contribution in [0.2, 0.25) is 0 Å². The van der Waals surface area contributed by atoms with Gasteiger partial charge in [0.25, 0.3) is 5.91 Å². The van der Waals surface area contributed by atoms with E-state index < -0.39 is 6.10 Å². The molecule has 0 aliphatic heterocycles. The minimum absolute atomic E-state index is 0.0939. The van der Waals surface area contributed by atoms with Gasteiger partial charge in [0, 0.05) is 11.9 Å². The average Bonchev–Trinajstić information content (AvgIpc) is 2.75. The van der Waals surface area contributed by atoms with Gasteiger partial charge in [-0.05, 0) is 40.3 Å². The van der Waals surface area contributed by atoms with Gasteiger partial charge in [0.2, 0.25) is 0 Å². The smallest absolute Gasteiger partial charge is 0.261 e. The summed E-state index contributed by atoms with van der Waals surface area (Å²) in [7, 11) is 0. The highest BCUT2D eigenvalue weighted by Crippen LogP contribution is 2.26. The molecule has 4 rings (SSSR count). The molecule has 0 aromatic heterocycles. The van der Waals surface area contributed by atoms with Gasteiger partial charge >= 0.3 is 0 Å². The number of ether oxygens (including phenoxy) is 1. The van der Waals surface area contributed by atoms with Crippen LogP contribution in [0.1, 0.15) is 18.9 Å². The summed E-state index contributed by atoms with van der Waals surface area (Å²) >= 11 is 0. The molecule has 0 saturated heterocycles. The normalized spacial score (nSPS) is 12.0. The number of fused-ring (bicyclic) bond motifs is 2.